The molecule has 3 heteroatoms. The van der Waals surface area contributed by atoms with E-state index in [9.17, 15) is 0 Å². The molecule has 88 valence electrons. The molecule has 0 amide bonds. The molecule has 1 aliphatic carbocycles. The Bertz CT molecular complexity index is 345. The number of benzene rings is 1. The van der Waals surface area contributed by atoms with Gasteiger partial charge in [-0.3, -0.25) is 0 Å². The van der Waals surface area contributed by atoms with Gasteiger partial charge in [-0.1, -0.05) is 36.5 Å². The molecular weight excluding hydrogens is 241 g/mol. The summed E-state index contributed by atoms with van der Waals surface area (Å²) in [5.41, 5.74) is 1.16. The first-order chi connectivity index (χ1) is 7.65. The van der Waals surface area contributed by atoms with Crippen molar-refractivity contribution < 1.29 is 0 Å². The molecule has 1 fully saturated rings. The van der Waals surface area contributed by atoms with Gasteiger partial charge in [-0.25, -0.2) is 0 Å². The molecule has 1 saturated carbocycles. The van der Waals surface area contributed by atoms with Crippen molar-refractivity contribution >= 4 is 23.2 Å². The summed E-state index contributed by atoms with van der Waals surface area (Å²) in [6, 6.07) is 6.36. The second-order valence-corrected chi connectivity index (χ2v) is 5.55. The van der Waals surface area contributed by atoms with Crippen LogP contribution in [0.1, 0.15) is 31.7 Å². The molecule has 1 aliphatic rings. The van der Waals surface area contributed by atoms with Crippen LogP contribution in [0.3, 0.4) is 0 Å². The summed E-state index contributed by atoms with van der Waals surface area (Å²) in [6.07, 6.45) is 3.97. The van der Waals surface area contributed by atoms with Crippen LogP contribution in [0.25, 0.3) is 0 Å². The summed E-state index contributed by atoms with van der Waals surface area (Å²) in [7, 11) is 0. The smallest absolute Gasteiger partial charge is 0.0424 e. The van der Waals surface area contributed by atoms with Crippen LogP contribution in [0.5, 0.6) is 0 Å². The monoisotopic (exact) mass is 257 g/mol. The topological polar surface area (TPSA) is 12.0 Å². The van der Waals surface area contributed by atoms with Crippen LogP contribution in [0.4, 0.5) is 0 Å². The lowest BCUT2D eigenvalue weighted by molar-refractivity contribution is 0.426. The highest BCUT2D eigenvalue weighted by Gasteiger charge is 2.22. The molecule has 0 saturated heterocycles. The zero-order valence-corrected chi connectivity index (χ0v) is 11.0. The lowest BCUT2D eigenvalue weighted by Gasteiger charge is -2.17. The second kappa shape index (κ2) is 5.39. The van der Waals surface area contributed by atoms with E-state index in [1.54, 1.807) is 6.07 Å². The van der Waals surface area contributed by atoms with Crippen molar-refractivity contribution in [3.63, 3.8) is 0 Å². The fourth-order valence-electron chi connectivity index (χ4n) is 2.41. The number of hydrogen-bond donors (Lipinski definition) is 1. The quantitative estimate of drug-likeness (QED) is 0.853. The molecule has 16 heavy (non-hydrogen) atoms. The molecule has 0 aromatic heterocycles. The SMILES string of the molecule is CC1CCCC1NCc1cc(Cl)cc(Cl)c1. The fourth-order valence-corrected chi connectivity index (χ4v) is 2.98. The van der Waals surface area contributed by atoms with E-state index in [-0.39, 0.29) is 0 Å². The summed E-state index contributed by atoms with van der Waals surface area (Å²) < 4.78 is 0. The first kappa shape index (κ1) is 12.2. The van der Waals surface area contributed by atoms with Crippen LogP contribution in [0, 0.1) is 5.92 Å². The molecule has 1 N–H and O–H groups in total. The first-order valence-electron chi connectivity index (χ1n) is 5.83. The summed E-state index contributed by atoms with van der Waals surface area (Å²) in [5, 5.41) is 5.01. The molecule has 1 nitrogen and oxygen atoms in total. The molecule has 2 unspecified atom stereocenters. The Morgan fingerprint density at radius 2 is 1.88 bits per heavy atom. The zero-order chi connectivity index (χ0) is 11.5. The maximum absolute atomic E-state index is 5.96. The normalized spacial score (nSPS) is 24.9. The van der Waals surface area contributed by atoms with Gasteiger partial charge in [0.05, 0.1) is 0 Å². The third kappa shape index (κ3) is 3.13. The summed E-state index contributed by atoms with van der Waals surface area (Å²) in [6.45, 7) is 3.17. The van der Waals surface area contributed by atoms with Crippen LogP contribution in [0.15, 0.2) is 18.2 Å². The maximum atomic E-state index is 5.96. The molecule has 2 atom stereocenters. The van der Waals surface area contributed by atoms with Crippen molar-refractivity contribution in [1.29, 1.82) is 0 Å². The van der Waals surface area contributed by atoms with Gasteiger partial charge in [0.15, 0.2) is 0 Å². The van der Waals surface area contributed by atoms with Crippen molar-refractivity contribution in [2.75, 3.05) is 0 Å². The summed E-state index contributed by atoms with van der Waals surface area (Å²) in [4.78, 5) is 0. The average molecular weight is 258 g/mol. The molecule has 0 aliphatic heterocycles. The lowest BCUT2D eigenvalue weighted by atomic mass is 10.1. The summed E-state index contributed by atoms with van der Waals surface area (Å²) in [5.74, 6) is 0.787. The van der Waals surface area contributed by atoms with Crippen molar-refractivity contribution in [3.8, 4) is 0 Å². The van der Waals surface area contributed by atoms with Crippen LogP contribution in [-0.4, -0.2) is 6.04 Å². The van der Waals surface area contributed by atoms with Gasteiger partial charge in [0.25, 0.3) is 0 Å². The standard InChI is InChI=1S/C13H17Cl2N/c1-9-3-2-4-13(9)16-8-10-5-11(14)7-12(15)6-10/h5-7,9,13,16H,2-4,8H2,1H3. The molecular formula is C13H17Cl2N. The Hall–Kier alpha value is -0.240. The number of halogens is 2. The predicted octanol–water partition coefficient (Wildman–Crippen LogP) is 4.27. The third-order valence-electron chi connectivity index (χ3n) is 3.35. The van der Waals surface area contributed by atoms with Gasteiger partial charge < -0.3 is 5.32 Å². The van der Waals surface area contributed by atoms with E-state index in [2.05, 4.69) is 12.2 Å². The fraction of sp³-hybridized carbons (Fsp3) is 0.538. The number of rotatable bonds is 3. The predicted molar refractivity (Wildman–Crippen MR) is 70.1 cm³/mol. The van der Waals surface area contributed by atoms with Gasteiger partial charge in [0, 0.05) is 22.6 Å². The van der Waals surface area contributed by atoms with Gasteiger partial charge in [-0.05, 0) is 42.5 Å². The molecule has 0 heterocycles. The van der Waals surface area contributed by atoms with Crippen LogP contribution < -0.4 is 5.32 Å². The highest BCUT2D eigenvalue weighted by molar-refractivity contribution is 6.34. The van der Waals surface area contributed by atoms with E-state index in [1.807, 2.05) is 12.1 Å². The van der Waals surface area contributed by atoms with Crippen molar-refractivity contribution in [2.24, 2.45) is 5.92 Å². The van der Waals surface area contributed by atoms with E-state index in [4.69, 9.17) is 23.2 Å². The average Bonchev–Trinajstić information content (AvgIpc) is 2.59. The minimum atomic E-state index is 0.651. The van der Waals surface area contributed by atoms with E-state index in [1.165, 1.54) is 19.3 Å². The highest BCUT2D eigenvalue weighted by Crippen LogP contribution is 2.25. The first-order valence-corrected chi connectivity index (χ1v) is 6.59. The second-order valence-electron chi connectivity index (χ2n) is 4.67. The molecule has 0 bridgehead atoms. The Morgan fingerprint density at radius 3 is 2.44 bits per heavy atom. The minimum absolute atomic E-state index is 0.651. The van der Waals surface area contributed by atoms with Gasteiger partial charge in [0.1, 0.15) is 0 Å². The van der Waals surface area contributed by atoms with E-state index in [0.29, 0.717) is 16.1 Å². The van der Waals surface area contributed by atoms with E-state index in [0.717, 1.165) is 18.0 Å². The molecule has 2 rings (SSSR count). The third-order valence-corrected chi connectivity index (χ3v) is 3.79. The van der Waals surface area contributed by atoms with E-state index < -0.39 is 0 Å². The van der Waals surface area contributed by atoms with Crippen molar-refractivity contribution in [1.82, 2.24) is 5.32 Å². The van der Waals surface area contributed by atoms with Crippen LogP contribution in [-0.2, 0) is 6.54 Å². The Morgan fingerprint density at radius 1 is 1.19 bits per heavy atom. The van der Waals surface area contributed by atoms with Gasteiger partial charge >= 0.3 is 0 Å². The Labute approximate surface area is 107 Å². The van der Waals surface area contributed by atoms with Crippen LogP contribution in [0.2, 0.25) is 10.0 Å². The minimum Gasteiger partial charge on any atom is -0.310 e. The number of nitrogens with one attached hydrogen (secondary N) is 1. The van der Waals surface area contributed by atoms with Gasteiger partial charge in [0.2, 0.25) is 0 Å². The largest absolute Gasteiger partial charge is 0.310 e. The maximum Gasteiger partial charge on any atom is 0.0424 e. The van der Waals surface area contributed by atoms with Crippen molar-refractivity contribution in [2.45, 2.75) is 38.8 Å². The molecule has 0 spiro atoms. The molecule has 1 aromatic carbocycles. The highest BCUT2D eigenvalue weighted by atomic mass is 35.5. The zero-order valence-electron chi connectivity index (χ0n) is 9.47. The Balaban J connectivity index is 1.94. The van der Waals surface area contributed by atoms with Gasteiger partial charge in [-0.15, -0.1) is 0 Å². The molecule has 0 radical (unpaired) electrons. The van der Waals surface area contributed by atoms with Crippen molar-refractivity contribution in [3.05, 3.63) is 33.8 Å². The van der Waals surface area contributed by atoms with Crippen LogP contribution >= 0.6 is 23.2 Å². The van der Waals surface area contributed by atoms with E-state index >= 15 is 0 Å². The summed E-state index contributed by atoms with van der Waals surface area (Å²) >= 11 is 11.9. The number of hydrogen-bond acceptors (Lipinski definition) is 1. The van der Waals surface area contributed by atoms with Gasteiger partial charge in [-0.2, -0.15) is 0 Å². The molecule has 1 aromatic rings. The Kier molecular flexibility index (Phi) is 4.12. The lowest BCUT2D eigenvalue weighted by Crippen LogP contribution is -2.30.